The van der Waals surface area contributed by atoms with Gasteiger partial charge in [-0.1, -0.05) is 72.8 Å². The summed E-state index contributed by atoms with van der Waals surface area (Å²) in [5, 5.41) is 0. The maximum Gasteiger partial charge on any atom is 0.0423 e. The summed E-state index contributed by atoms with van der Waals surface area (Å²) in [6, 6.07) is 43.0. The van der Waals surface area contributed by atoms with Gasteiger partial charge in [-0.05, 0) is 95.8 Å². The molecule has 0 aliphatic rings. The van der Waals surface area contributed by atoms with Gasteiger partial charge in [0.1, 0.15) is 0 Å². The van der Waals surface area contributed by atoms with Crippen LogP contribution in [0.2, 0.25) is 0 Å². The molecule has 5 rings (SSSR count). The quantitative estimate of drug-likeness (QED) is 0.114. The average Bonchev–Trinajstić information content (AvgIpc) is 2.94. The van der Waals surface area contributed by atoms with Crippen LogP contribution in [0.3, 0.4) is 0 Å². The highest BCUT2D eigenvalue weighted by Crippen LogP contribution is 2.43. The lowest BCUT2D eigenvalue weighted by Crippen LogP contribution is -2.27. The van der Waals surface area contributed by atoms with Crippen LogP contribution in [0.1, 0.15) is 47.2 Å². The summed E-state index contributed by atoms with van der Waals surface area (Å²) >= 11 is 18.1. The van der Waals surface area contributed by atoms with Gasteiger partial charge in [-0.2, -0.15) is 0 Å². The molecule has 0 radical (unpaired) electrons. The topological polar surface area (TPSA) is 0 Å². The SMILES string of the molecule is CC(c1ccc(S)cc1)(c1ccc(S)cc1)c1ccc(C(C)(c2ccc(S)cc2)c2ccc(S)cc2)cc1. The number of rotatable bonds is 6. The Morgan fingerprint density at radius 1 is 0.289 bits per heavy atom. The largest absolute Gasteiger partial charge is 0.143 e. The predicted octanol–water partition coefficient (Wildman–Crippen LogP) is 9.55. The molecule has 4 heteroatoms. The number of hydrogen-bond donors (Lipinski definition) is 4. The summed E-state index contributed by atoms with van der Waals surface area (Å²) in [5.74, 6) is 0. The van der Waals surface area contributed by atoms with Gasteiger partial charge in [-0.3, -0.25) is 0 Å². The van der Waals surface area contributed by atoms with E-state index in [0.717, 1.165) is 19.6 Å². The van der Waals surface area contributed by atoms with Crippen molar-refractivity contribution in [2.24, 2.45) is 0 Å². The third-order valence-electron chi connectivity index (χ3n) is 7.82. The van der Waals surface area contributed by atoms with E-state index in [1.807, 2.05) is 0 Å². The summed E-state index contributed by atoms with van der Waals surface area (Å²) in [4.78, 5) is 3.81. The standard InChI is InChI=1S/C34H30S4/c1-33(25-7-15-29(35)16-8-25,26-9-17-30(36)18-10-26)23-3-5-24(6-4-23)34(2,27-11-19-31(37)20-12-27)28-13-21-32(38)22-14-28/h3-22,35-38H,1-2H3. The highest BCUT2D eigenvalue weighted by Gasteiger charge is 2.34. The Hall–Kier alpha value is -2.50. The van der Waals surface area contributed by atoms with E-state index in [1.165, 1.54) is 33.4 Å². The van der Waals surface area contributed by atoms with Gasteiger partial charge in [0.05, 0.1) is 0 Å². The first-order chi connectivity index (χ1) is 18.2. The third kappa shape index (κ3) is 5.08. The van der Waals surface area contributed by atoms with Gasteiger partial charge >= 0.3 is 0 Å². The summed E-state index contributed by atoms with van der Waals surface area (Å²) in [7, 11) is 0. The van der Waals surface area contributed by atoms with Crippen LogP contribution in [0.4, 0.5) is 0 Å². The molecule has 38 heavy (non-hydrogen) atoms. The van der Waals surface area contributed by atoms with Crippen LogP contribution in [-0.4, -0.2) is 0 Å². The summed E-state index contributed by atoms with van der Waals surface area (Å²) in [5.41, 5.74) is 6.60. The van der Waals surface area contributed by atoms with E-state index in [9.17, 15) is 0 Å². The second-order valence-electron chi connectivity index (χ2n) is 10.0. The molecule has 190 valence electrons. The van der Waals surface area contributed by atoms with Crippen molar-refractivity contribution in [3.63, 3.8) is 0 Å². The van der Waals surface area contributed by atoms with Crippen molar-refractivity contribution in [2.45, 2.75) is 44.3 Å². The lowest BCUT2D eigenvalue weighted by atomic mass is 9.68. The third-order valence-corrected chi connectivity index (χ3v) is 9.01. The van der Waals surface area contributed by atoms with Gasteiger partial charge < -0.3 is 0 Å². The van der Waals surface area contributed by atoms with Crippen molar-refractivity contribution in [1.82, 2.24) is 0 Å². The van der Waals surface area contributed by atoms with E-state index in [0.29, 0.717) is 0 Å². The van der Waals surface area contributed by atoms with Crippen molar-refractivity contribution in [3.8, 4) is 0 Å². The Morgan fingerprint density at radius 3 is 0.579 bits per heavy atom. The highest BCUT2D eigenvalue weighted by molar-refractivity contribution is 7.80. The second-order valence-corrected chi connectivity index (χ2v) is 12.1. The molecule has 0 N–H and O–H groups in total. The van der Waals surface area contributed by atoms with Gasteiger partial charge in [0.25, 0.3) is 0 Å². The van der Waals surface area contributed by atoms with Crippen LogP contribution >= 0.6 is 50.5 Å². The molecule has 0 nitrogen and oxygen atoms in total. The lowest BCUT2D eigenvalue weighted by Gasteiger charge is -2.35. The molecule has 0 spiro atoms. The predicted molar refractivity (Wildman–Crippen MR) is 172 cm³/mol. The summed E-state index contributed by atoms with van der Waals surface area (Å²) < 4.78 is 0. The van der Waals surface area contributed by atoms with E-state index in [1.54, 1.807) is 0 Å². The van der Waals surface area contributed by atoms with Crippen molar-refractivity contribution >= 4 is 50.5 Å². The van der Waals surface area contributed by atoms with Crippen molar-refractivity contribution in [2.75, 3.05) is 0 Å². The molecule has 0 heterocycles. The van der Waals surface area contributed by atoms with Crippen LogP contribution in [0, 0.1) is 0 Å². The van der Waals surface area contributed by atoms with Crippen LogP contribution in [0.15, 0.2) is 141 Å². The monoisotopic (exact) mass is 566 g/mol. The molecule has 0 unspecified atom stereocenters. The second kappa shape index (κ2) is 10.9. The zero-order valence-electron chi connectivity index (χ0n) is 21.3. The zero-order chi connectivity index (χ0) is 26.9. The molecule has 0 bridgehead atoms. The fourth-order valence-corrected chi connectivity index (χ4v) is 5.91. The molecule has 0 saturated carbocycles. The van der Waals surface area contributed by atoms with Gasteiger partial charge in [0.15, 0.2) is 0 Å². The maximum atomic E-state index is 4.52. The normalized spacial score (nSPS) is 11.9. The molecule has 0 fully saturated rings. The van der Waals surface area contributed by atoms with E-state index in [4.69, 9.17) is 0 Å². The van der Waals surface area contributed by atoms with Gasteiger partial charge in [-0.15, -0.1) is 50.5 Å². The molecular formula is C34H30S4. The fraction of sp³-hybridized carbons (Fsp3) is 0.118. The van der Waals surface area contributed by atoms with E-state index >= 15 is 0 Å². The first-order valence-corrected chi connectivity index (χ1v) is 14.3. The van der Waals surface area contributed by atoms with E-state index in [2.05, 4.69) is 186 Å². The molecule has 5 aromatic rings. The minimum Gasteiger partial charge on any atom is -0.143 e. The minimum atomic E-state index is -0.348. The highest BCUT2D eigenvalue weighted by atomic mass is 32.1. The molecule has 0 aromatic heterocycles. The fourth-order valence-electron chi connectivity index (χ4n) is 5.32. The Labute approximate surface area is 248 Å². The molecule has 0 amide bonds. The molecule has 0 aliphatic heterocycles. The Bertz CT molecular complexity index is 1310. The van der Waals surface area contributed by atoms with E-state index < -0.39 is 0 Å². The molecule has 0 aliphatic carbocycles. The first-order valence-electron chi connectivity index (χ1n) is 12.5. The van der Waals surface area contributed by atoms with Crippen LogP contribution in [0.25, 0.3) is 0 Å². The number of benzene rings is 5. The molecule has 0 saturated heterocycles. The van der Waals surface area contributed by atoms with Crippen LogP contribution in [-0.2, 0) is 10.8 Å². The van der Waals surface area contributed by atoms with Gasteiger partial charge in [-0.25, -0.2) is 0 Å². The molecule has 0 atom stereocenters. The van der Waals surface area contributed by atoms with E-state index in [-0.39, 0.29) is 10.8 Å². The van der Waals surface area contributed by atoms with Crippen molar-refractivity contribution in [3.05, 3.63) is 155 Å². The number of thiol groups is 4. The lowest BCUT2D eigenvalue weighted by molar-refractivity contribution is 0.675. The average molecular weight is 567 g/mol. The minimum absolute atomic E-state index is 0.348. The first kappa shape index (κ1) is 27.1. The Balaban J connectivity index is 1.66. The van der Waals surface area contributed by atoms with Crippen molar-refractivity contribution < 1.29 is 0 Å². The summed E-state index contributed by atoms with van der Waals surface area (Å²) in [6.45, 7) is 4.58. The molecule has 5 aromatic carbocycles. The van der Waals surface area contributed by atoms with Gasteiger partial charge in [0, 0.05) is 30.4 Å². The Kier molecular flexibility index (Phi) is 7.79. The van der Waals surface area contributed by atoms with Gasteiger partial charge in [0.2, 0.25) is 0 Å². The maximum absolute atomic E-state index is 4.52. The van der Waals surface area contributed by atoms with Crippen LogP contribution in [0.5, 0.6) is 0 Å². The molecular weight excluding hydrogens is 537 g/mol. The zero-order valence-corrected chi connectivity index (χ0v) is 24.9. The summed E-state index contributed by atoms with van der Waals surface area (Å²) in [6.07, 6.45) is 0. The van der Waals surface area contributed by atoms with Crippen molar-refractivity contribution in [1.29, 1.82) is 0 Å². The smallest absolute Gasteiger partial charge is 0.0423 e. The van der Waals surface area contributed by atoms with Crippen LogP contribution < -0.4 is 0 Å². The number of hydrogen-bond acceptors (Lipinski definition) is 4. The Morgan fingerprint density at radius 2 is 0.421 bits per heavy atom.